The molecule has 1 aliphatic rings. The van der Waals surface area contributed by atoms with Gasteiger partial charge in [0, 0.05) is 19.5 Å². The molecule has 4 aromatic rings. The summed E-state index contributed by atoms with van der Waals surface area (Å²) in [5, 5.41) is 10.9. The Hall–Kier alpha value is -3.82. The van der Waals surface area contributed by atoms with Crippen LogP contribution in [0.5, 0.6) is 0 Å². The number of fused-ring (bicyclic) bond motifs is 1. The number of benzene rings is 2. The maximum Gasteiger partial charge on any atom is 0.295 e. The zero-order chi connectivity index (χ0) is 21.4. The van der Waals surface area contributed by atoms with E-state index in [0.29, 0.717) is 16.8 Å². The van der Waals surface area contributed by atoms with Crippen molar-refractivity contribution >= 4 is 23.0 Å². The molecule has 1 fully saturated rings. The van der Waals surface area contributed by atoms with Gasteiger partial charge in [0.15, 0.2) is 5.58 Å². The number of anilines is 1. The second kappa shape index (κ2) is 7.46. The Balaban J connectivity index is 1.40. The molecule has 2 aromatic heterocycles. The average Bonchev–Trinajstić information content (AvgIpc) is 3.50. The Bertz CT molecular complexity index is 1190. The molecule has 8 nitrogen and oxygen atoms in total. The molecule has 1 atom stereocenters. The van der Waals surface area contributed by atoms with Gasteiger partial charge in [-0.05, 0) is 24.3 Å². The second-order valence-corrected chi connectivity index (χ2v) is 7.23. The van der Waals surface area contributed by atoms with E-state index < -0.39 is 24.3 Å². The van der Waals surface area contributed by atoms with Crippen molar-refractivity contribution < 1.29 is 18.0 Å². The SMILES string of the molecule is O=C(c1ccccc1-n1nccn1)N1CCC(F)(F)[C@H]1CNc1nc2ccccc2o1. The van der Waals surface area contributed by atoms with E-state index in [1.165, 1.54) is 22.1 Å². The van der Waals surface area contributed by atoms with Crippen LogP contribution in [0.3, 0.4) is 0 Å². The van der Waals surface area contributed by atoms with Crippen LogP contribution < -0.4 is 5.32 Å². The number of carbonyl (C=O) groups is 1. The van der Waals surface area contributed by atoms with E-state index in [1.54, 1.807) is 42.5 Å². The minimum Gasteiger partial charge on any atom is -0.424 e. The van der Waals surface area contributed by atoms with Crippen LogP contribution in [0.25, 0.3) is 16.8 Å². The summed E-state index contributed by atoms with van der Waals surface area (Å²) in [6.07, 6.45) is 2.55. The molecule has 1 saturated heterocycles. The fourth-order valence-corrected chi connectivity index (χ4v) is 3.78. The van der Waals surface area contributed by atoms with Crippen LogP contribution in [0.15, 0.2) is 65.3 Å². The summed E-state index contributed by atoms with van der Waals surface area (Å²) in [5.74, 6) is -3.55. The van der Waals surface area contributed by atoms with Crippen LogP contribution in [-0.4, -0.2) is 55.8 Å². The number of nitrogens with zero attached hydrogens (tertiary/aromatic N) is 5. The second-order valence-electron chi connectivity index (χ2n) is 7.23. The first-order valence-electron chi connectivity index (χ1n) is 9.77. The number of likely N-dealkylation sites (tertiary alicyclic amines) is 1. The van der Waals surface area contributed by atoms with Gasteiger partial charge in [0.2, 0.25) is 0 Å². The molecule has 0 unspecified atom stereocenters. The van der Waals surface area contributed by atoms with Crippen LogP contribution in [0.2, 0.25) is 0 Å². The number of carbonyl (C=O) groups excluding carboxylic acids is 1. The van der Waals surface area contributed by atoms with Crippen molar-refractivity contribution in [3.05, 3.63) is 66.5 Å². The lowest BCUT2D eigenvalue weighted by Gasteiger charge is -2.28. The lowest BCUT2D eigenvalue weighted by atomic mass is 10.1. The van der Waals surface area contributed by atoms with Crippen LogP contribution >= 0.6 is 0 Å². The third-order valence-corrected chi connectivity index (χ3v) is 5.32. The molecule has 0 saturated carbocycles. The van der Waals surface area contributed by atoms with Crippen LogP contribution in [0, 0.1) is 0 Å². The van der Waals surface area contributed by atoms with Gasteiger partial charge < -0.3 is 14.6 Å². The van der Waals surface area contributed by atoms with E-state index >= 15 is 0 Å². The van der Waals surface area contributed by atoms with Crippen molar-refractivity contribution in [2.24, 2.45) is 0 Å². The number of oxazole rings is 1. The van der Waals surface area contributed by atoms with Crippen LogP contribution in [-0.2, 0) is 0 Å². The molecule has 0 bridgehead atoms. The normalized spacial score (nSPS) is 17.9. The number of nitrogens with one attached hydrogen (secondary N) is 1. The van der Waals surface area contributed by atoms with Gasteiger partial charge in [-0.1, -0.05) is 24.3 Å². The number of alkyl halides is 2. The van der Waals surface area contributed by atoms with Gasteiger partial charge in [0.05, 0.1) is 23.6 Å². The van der Waals surface area contributed by atoms with E-state index in [-0.39, 0.29) is 24.7 Å². The zero-order valence-corrected chi connectivity index (χ0v) is 16.3. The van der Waals surface area contributed by atoms with E-state index in [2.05, 4.69) is 20.5 Å². The Morgan fingerprint density at radius 1 is 1.13 bits per heavy atom. The first-order valence-corrected chi connectivity index (χ1v) is 9.77. The van der Waals surface area contributed by atoms with Gasteiger partial charge in [0.1, 0.15) is 11.6 Å². The minimum atomic E-state index is -3.05. The van der Waals surface area contributed by atoms with Crippen molar-refractivity contribution in [1.29, 1.82) is 0 Å². The van der Waals surface area contributed by atoms with Crippen molar-refractivity contribution in [2.45, 2.75) is 18.4 Å². The Morgan fingerprint density at radius 2 is 1.87 bits per heavy atom. The summed E-state index contributed by atoms with van der Waals surface area (Å²) in [5.41, 5.74) is 1.86. The molecule has 158 valence electrons. The number of hydrogen-bond acceptors (Lipinski definition) is 6. The molecule has 1 N–H and O–H groups in total. The van der Waals surface area contributed by atoms with Crippen LogP contribution in [0.4, 0.5) is 14.8 Å². The summed E-state index contributed by atoms with van der Waals surface area (Å²) in [6, 6.07) is 12.6. The smallest absolute Gasteiger partial charge is 0.295 e. The maximum atomic E-state index is 14.7. The highest BCUT2D eigenvalue weighted by atomic mass is 19.3. The highest BCUT2D eigenvalue weighted by Gasteiger charge is 2.51. The molecule has 2 aromatic carbocycles. The molecule has 1 aliphatic heterocycles. The molecule has 0 spiro atoms. The lowest BCUT2D eigenvalue weighted by molar-refractivity contribution is -0.0249. The fourth-order valence-electron chi connectivity index (χ4n) is 3.78. The molecule has 1 amide bonds. The third-order valence-electron chi connectivity index (χ3n) is 5.32. The lowest BCUT2D eigenvalue weighted by Crippen LogP contribution is -2.47. The van der Waals surface area contributed by atoms with Crippen molar-refractivity contribution in [3.63, 3.8) is 0 Å². The van der Waals surface area contributed by atoms with Gasteiger partial charge in [-0.2, -0.15) is 20.0 Å². The number of rotatable bonds is 5. The summed E-state index contributed by atoms with van der Waals surface area (Å²) < 4.78 is 35.0. The molecule has 31 heavy (non-hydrogen) atoms. The van der Waals surface area contributed by atoms with Crippen LogP contribution in [0.1, 0.15) is 16.8 Å². The van der Waals surface area contributed by atoms with Crippen molar-refractivity contribution in [3.8, 4) is 5.69 Å². The number of para-hydroxylation sites is 3. The molecule has 0 radical (unpaired) electrons. The summed E-state index contributed by atoms with van der Waals surface area (Å²) in [7, 11) is 0. The Kier molecular flexibility index (Phi) is 4.61. The van der Waals surface area contributed by atoms with Gasteiger partial charge >= 0.3 is 0 Å². The Labute approximate surface area is 175 Å². The van der Waals surface area contributed by atoms with Gasteiger partial charge in [-0.25, -0.2) is 8.78 Å². The fraction of sp³-hybridized carbons (Fsp3) is 0.238. The minimum absolute atomic E-state index is 0.0629. The highest BCUT2D eigenvalue weighted by molar-refractivity contribution is 5.98. The molecule has 10 heteroatoms. The van der Waals surface area contributed by atoms with Crippen molar-refractivity contribution in [1.82, 2.24) is 24.9 Å². The van der Waals surface area contributed by atoms with Crippen molar-refractivity contribution in [2.75, 3.05) is 18.4 Å². The summed E-state index contributed by atoms with van der Waals surface area (Å²) in [6.45, 7) is -0.264. The first-order chi connectivity index (χ1) is 15.0. The molecular formula is C21H18F2N6O2. The van der Waals surface area contributed by atoms with Gasteiger partial charge in [0.25, 0.3) is 17.8 Å². The molecule has 0 aliphatic carbocycles. The monoisotopic (exact) mass is 424 g/mol. The standard InChI is InChI=1S/C21H18F2N6O2/c22-21(23)9-12-28(18(21)13-24-20-27-15-6-2-4-8-17(15)31-20)19(30)14-5-1-3-7-16(14)29-25-10-11-26-29/h1-8,10-11,18H,9,12-13H2,(H,24,27)/t18-/m1/s1. The highest BCUT2D eigenvalue weighted by Crippen LogP contribution is 2.35. The quantitative estimate of drug-likeness (QED) is 0.529. The topological polar surface area (TPSA) is 89.1 Å². The largest absolute Gasteiger partial charge is 0.424 e. The van der Waals surface area contributed by atoms with E-state index in [9.17, 15) is 13.6 Å². The number of halogens is 2. The van der Waals surface area contributed by atoms with E-state index in [1.807, 2.05) is 6.07 Å². The summed E-state index contributed by atoms with van der Waals surface area (Å²) in [4.78, 5) is 20.0. The molecular weight excluding hydrogens is 406 g/mol. The predicted molar refractivity (Wildman–Crippen MR) is 108 cm³/mol. The number of aromatic nitrogens is 4. The van der Waals surface area contributed by atoms with Gasteiger partial charge in [-0.3, -0.25) is 4.79 Å². The Morgan fingerprint density at radius 3 is 2.68 bits per heavy atom. The molecule has 3 heterocycles. The number of amides is 1. The van der Waals surface area contributed by atoms with Gasteiger partial charge in [-0.15, -0.1) is 0 Å². The zero-order valence-electron chi connectivity index (χ0n) is 16.3. The first kappa shape index (κ1) is 19.2. The average molecular weight is 424 g/mol. The molecule has 5 rings (SSSR count). The summed E-state index contributed by atoms with van der Waals surface area (Å²) >= 11 is 0. The maximum absolute atomic E-state index is 14.7. The van der Waals surface area contributed by atoms with E-state index in [4.69, 9.17) is 4.42 Å². The third kappa shape index (κ3) is 3.49. The van der Waals surface area contributed by atoms with E-state index in [0.717, 1.165) is 0 Å². The predicted octanol–water partition coefficient (Wildman–Crippen LogP) is 3.37. The number of hydrogen-bond donors (Lipinski definition) is 1.